The highest BCUT2D eigenvalue weighted by molar-refractivity contribution is 5.11. The molecule has 0 saturated carbocycles. The Morgan fingerprint density at radius 2 is 1.38 bits per heavy atom. The second-order valence-corrected chi connectivity index (χ2v) is 1.65. The summed E-state index contributed by atoms with van der Waals surface area (Å²) in [6.07, 6.45) is 0. The van der Waals surface area contributed by atoms with Crippen molar-refractivity contribution >= 4 is 6.79 Å². The molecular formula is C10H19NO2. The van der Waals surface area contributed by atoms with E-state index < -0.39 is 0 Å². The molecule has 1 aromatic carbocycles. The monoisotopic (exact) mass is 185 g/mol. The van der Waals surface area contributed by atoms with Crippen LogP contribution in [0.25, 0.3) is 0 Å². The Bertz CT molecular complexity index is 154. The predicted octanol–water partition coefficient (Wildman–Crippen LogP) is 0.994. The maximum absolute atomic E-state index is 8.00. The molecule has 3 N–H and O–H groups in total. The van der Waals surface area contributed by atoms with E-state index in [0.717, 1.165) is 7.11 Å². The minimum atomic E-state index is 1.00. The average molecular weight is 185 g/mol. The van der Waals surface area contributed by atoms with Crippen molar-refractivity contribution in [2.75, 3.05) is 14.2 Å². The largest absolute Gasteiger partial charge is 0.400 e. The molecule has 0 spiro atoms. The topological polar surface area (TPSA) is 63.3 Å². The number of aliphatic hydroxyl groups excluding tert-OH is 1. The fraction of sp³-hybridized carbons (Fsp3) is 0.300. The minimum Gasteiger partial charge on any atom is -0.400 e. The number of nitrogens with two attached hydrogens (primary N) is 1. The van der Waals surface area contributed by atoms with Crippen LogP contribution in [0.2, 0.25) is 0 Å². The molecule has 0 atom stereocenters. The number of rotatable bonds is 0. The summed E-state index contributed by atoms with van der Waals surface area (Å²) in [5.74, 6) is 0. The zero-order valence-corrected chi connectivity index (χ0v) is 8.53. The van der Waals surface area contributed by atoms with Crippen molar-refractivity contribution in [2.24, 2.45) is 5.73 Å². The van der Waals surface area contributed by atoms with Gasteiger partial charge in [-0.25, -0.2) is 0 Å². The summed E-state index contributed by atoms with van der Waals surface area (Å²) in [5.41, 5.74) is 5.82. The van der Waals surface area contributed by atoms with Gasteiger partial charge in [0, 0.05) is 7.11 Å². The van der Waals surface area contributed by atoms with Gasteiger partial charge in [0.15, 0.2) is 0 Å². The Kier molecular flexibility index (Phi) is 30.7. The van der Waals surface area contributed by atoms with Gasteiger partial charge in [0.25, 0.3) is 0 Å². The number of hydrogen-bond acceptors (Lipinski definition) is 3. The molecule has 1 aromatic rings. The summed E-state index contributed by atoms with van der Waals surface area (Å²) >= 11 is 0. The molecule has 1 rings (SSSR count). The van der Waals surface area contributed by atoms with Crippen molar-refractivity contribution in [3.63, 3.8) is 0 Å². The van der Waals surface area contributed by atoms with Gasteiger partial charge in [-0.15, -0.1) is 0 Å². The first-order valence-corrected chi connectivity index (χ1v) is 3.72. The maximum atomic E-state index is 8.00. The highest BCUT2D eigenvalue weighted by atomic mass is 16.2. The summed E-state index contributed by atoms with van der Waals surface area (Å²) in [4.78, 5) is 8.00. The third-order valence-corrected chi connectivity index (χ3v) is 0.940. The van der Waals surface area contributed by atoms with Gasteiger partial charge >= 0.3 is 0 Å². The molecule has 13 heavy (non-hydrogen) atoms. The average Bonchev–Trinajstić information content (AvgIpc) is 2.28. The molecule has 0 aliphatic heterocycles. The zero-order chi connectivity index (χ0) is 11.1. The molecule has 3 heteroatoms. The standard InChI is InChI=1S/C7H8.CH5N.CH4O.CH2O/c1-7-5-3-2-4-6-7;3*1-2/h2-6H,1H3;2H2,1H3;2H,1H3;1H2. The van der Waals surface area contributed by atoms with Crippen LogP contribution in [0.15, 0.2) is 30.3 Å². The molecular weight excluding hydrogens is 166 g/mol. The van der Waals surface area contributed by atoms with Gasteiger partial charge in [-0.05, 0) is 14.0 Å². The highest BCUT2D eigenvalue weighted by Crippen LogP contribution is 1.92. The van der Waals surface area contributed by atoms with E-state index in [4.69, 9.17) is 9.90 Å². The first kappa shape index (κ1) is 17.8. The summed E-state index contributed by atoms with van der Waals surface area (Å²) in [5, 5.41) is 7.00. The van der Waals surface area contributed by atoms with Gasteiger partial charge in [0.1, 0.15) is 6.79 Å². The summed E-state index contributed by atoms with van der Waals surface area (Å²) in [6.45, 7) is 4.08. The lowest BCUT2D eigenvalue weighted by atomic mass is 10.2. The molecule has 0 radical (unpaired) electrons. The Balaban J connectivity index is -0.000000144. The van der Waals surface area contributed by atoms with Crippen molar-refractivity contribution < 1.29 is 9.90 Å². The van der Waals surface area contributed by atoms with E-state index in [9.17, 15) is 0 Å². The number of aliphatic hydroxyl groups is 1. The van der Waals surface area contributed by atoms with E-state index >= 15 is 0 Å². The van der Waals surface area contributed by atoms with Crippen molar-refractivity contribution in [3.05, 3.63) is 35.9 Å². The molecule has 3 nitrogen and oxygen atoms in total. The van der Waals surface area contributed by atoms with Crippen LogP contribution in [0.4, 0.5) is 0 Å². The van der Waals surface area contributed by atoms with Crippen LogP contribution in [0.5, 0.6) is 0 Å². The van der Waals surface area contributed by atoms with Crippen LogP contribution >= 0.6 is 0 Å². The van der Waals surface area contributed by atoms with Crippen molar-refractivity contribution in [3.8, 4) is 0 Å². The molecule has 0 aromatic heterocycles. The van der Waals surface area contributed by atoms with Gasteiger partial charge in [-0.2, -0.15) is 0 Å². The number of carbonyl (C=O) groups excluding carboxylic acids is 1. The van der Waals surface area contributed by atoms with Crippen LogP contribution in [0.3, 0.4) is 0 Å². The van der Waals surface area contributed by atoms with Crippen LogP contribution in [0, 0.1) is 6.92 Å². The van der Waals surface area contributed by atoms with Crippen LogP contribution in [-0.2, 0) is 4.79 Å². The lowest BCUT2D eigenvalue weighted by Gasteiger charge is -1.82. The van der Waals surface area contributed by atoms with E-state index in [1.165, 1.54) is 12.6 Å². The first-order chi connectivity index (χ1) is 6.39. The molecule has 0 fully saturated rings. The molecule has 76 valence electrons. The normalized spacial score (nSPS) is 5.92. The Morgan fingerprint density at radius 1 is 1.08 bits per heavy atom. The van der Waals surface area contributed by atoms with E-state index in [1.54, 1.807) is 0 Å². The van der Waals surface area contributed by atoms with Gasteiger partial charge in [-0.3, -0.25) is 0 Å². The summed E-state index contributed by atoms with van der Waals surface area (Å²) in [7, 11) is 2.50. The fourth-order valence-corrected chi connectivity index (χ4v) is 0.534. The van der Waals surface area contributed by atoms with E-state index in [2.05, 4.69) is 24.8 Å². The molecule has 0 heterocycles. The predicted molar refractivity (Wildman–Crippen MR) is 56.6 cm³/mol. The summed E-state index contributed by atoms with van der Waals surface area (Å²) < 4.78 is 0. The number of benzene rings is 1. The second kappa shape index (κ2) is 22.4. The Labute approximate surface area is 80.2 Å². The maximum Gasteiger partial charge on any atom is 0.106 e. The third kappa shape index (κ3) is 18.1. The van der Waals surface area contributed by atoms with Gasteiger partial charge < -0.3 is 15.6 Å². The van der Waals surface area contributed by atoms with E-state index in [0.29, 0.717) is 0 Å². The molecule has 0 saturated heterocycles. The number of carbonyl (C=O) groups is 1. The molecule has 0 bridgehead atoms. The lowest BCUT2D eigenvalue weighted by Crippen LogP contribution is -1.69. The quantitative estimate of drug-likeness (QED) is 0.633. The third-order valence-electron chi connectivity index (χ3n) is 0.940. The van der Waals surface area contributed by atoms with Crippen LogP contribution < -0.4 is 5.73 Å². The highest BCUT2D eigenvalue weighted by Gasteiger charge is 1.72. The SMILES string of the molecule is C=O.CN.CO.Cc1ccccc1. The first-order valence-electron chi connectivity index (χ1n) is 3.72. The van der Waals surface area contributed by atoms with Crippen molar-refractivity contribution in [1.29, 1.82) is 0 Å². The minimum absolute atomic E-state index is 1.00. The molecule has 0 amide bonds. The molecule has 0 aliphatic carbocycles. The van der Waals surface area contributed by atoms with Gasteiger partial charge in [-0.1, -0.05) is 35.9 Å². The lowest BCUT2D eigenvalue weighted by molar-refractivity contribution is -0.0979. The Hall–Kier alpha value is -1.19. The van der Waals surface area contributed by atoms with Crippen LogP contribution in [-0.4, -0.2) is 26.1 Å². The fourth-order valence-electron chi connectivity index (χ4n) is 0.534. The van der Waals surface area contributed by atoms with Crippen molar-refractivity contribution in [2.45, 2.75) is 6.92 Å². The van der Waals surface area contributed by atoms with Gasteiger partial charge in [0.2, 0.25) is 0 Å². The molecule has 0 unspecified atom stereocenters. The number of aryl methyl sites for hydroxylation is 1. The van der Waals surface area contributed by atoms with E-state index in [1.807, 2.05) is 25.0 Å². The second-order valence-electron chi connectivity index (χ2n) is 1.65. The summed E-state index contributed by atoms with van der Waals surface area (Å²) in [6, 6.07) is 10.3. The Morgan fingerprint density at radius 3 is 1.54 bits per heavy atom. The van der Waals surface area contributed by atoms with Crippen molar-refractivity contribution in [1.82, 2.24) is 0 Å². The molecule has 0 aliphatic rings. The van der Waals surface area contributed by atoms with E-state index in [-0.39, 0.29) is 0 Å². The zero-order valence-electron chi connectivity index (χ0n) is 8.53. The van der Waals surface area contributed by atoms with Crippen LogP contribution in [0.1, 0.15) is 5.56 Å². The number of hydrogen-bond donors (Lipinski definition) is 2. The van der Waals surface area contributed by atoms with Gasteiger partial charge in [0.05, 0.1) is 0 Å². The smallest absolute Gasteiger partial charge is 0.106 e.